The predicted molar refractivity (Wildman–Crippen MR) is 95.1 cm³/mol. The summed E-state index contributed by atoms with van der Waals surface area (Å²) in [6, 6.07) is 19.7. The molecule has 0 aromatic heterocycles. The molecule has 2 aromatic carbocycles. The fourth-order valence-corrected chi connectivity index (χ4v) is 2.85. The van der Waals surface area contributed by atoms with Crippen molar-refractivity contribution in [3.05, 3.63) is 60.2 Å². The molecule has 0 spiro atoms. The molecule has 2 rings (SSSR count). The lowest BCUT2D eigenvalue weighted by Gasteiger charge is -2.28. The second-order valence-corrected chi connectivity index (χ2v) is 7.48. The number of rotatable bonds is 5. The number of nitrogens with one attached hydrogen (secondary N) is 1. The highest BCUT2D eigenvalue weighted by Crippen LogP contribution is 2.32. The Morgan fingerprint density at radius 3 is 2.10 bits per heavy atom. The molecule has 2 aromatic rings. The molecule has 21 heavy (non-hydrogen) atoms. The van der Waals surface area contributed by atoms with Crippen molar-refractivity contribution in [2.45, 2.75) is 38.1 Å². The van der Waals surface area contributed by atoms with Crippen LogP contribution in [-0.4, -0.2) is 6.26 Å². The van der Waals surface area contributed by atoms with Gasteiger partial charge < -0.3 is 5.32 Å². The van der Waals surface area contributed by atoms with Gasteiger partial charge in [-0.05, 0) is 47.9 Å². The van der Waals surface area contributed by atoms with E-state index in [1.807, 2.05) is 0 Å². The fraction of sp³-hybridized carbons (Fsp3) is 0.368. The molecule has 0 saturated carbocycles. The molecule has 0 bridgehead atoms. The van der Waals surface area contributed by atoms with Gasteiger partial charge in [-0.2, -0.15) is 0 Å². The maximum atomic E-state index is 3.69. The van der Waals surface area contributed by atoms with E-state index < -0.39 is 0 Å². The molecule has 0 fully saturated rings. The van der Waals surface area contributed by atoms with Gasteiger partial charge in [-0.15, -0.1) is 11.8 Å². The molecule has 0 heterocycles. The van der Waals surface area contributed by atoms with Gasteiger partial charge in [-0.25, -0.2) is 0 Å². The van der Waals surface area contributed by atoms with Gasteiger partial charge in [0.25, 0.3) is 0 Å². The third-order valence-electron chi connectivity index (χ3n) is 3.45. The van der Waals surface area contributed by atoms with Gasteiger partial charge in [0, 0.05) is 10.6 Å². The van der Waals surface area contributed by atoms with Gasteiger partial charge in [-0.3, -0.25) is 0 Å². The van der Waals surface area contributed by atoms with E-state index in [-0.39, 0.29) is 5.41 Å². The summed E-state index contributed by atoms with van der Waals surface area (Å²) in [5, 5.41) is 3.69. The largest absolute Gasteiger partial charge is 0.378 e. The summed E-state index contributed by atoms with van der Waals surface area (Å²) in [6.45, 7) is 6.88. The second kappa shape index (κ2) is 7.04. The van der Waals surface area contributed by atoms with E-state index in [4.69, 9.17) is 0 Å². The van der Waals surface area contributed by atoms with Gasteiger partial charge in [-0.1, -0.05) is 51.1 Å². The molecule has 0 amide bonds. The van der Waals surface area contributed by atoms with E-state index in [2.05, 4.69) is 86.9 Å². The van der Waals surface area contributed by atoms with Crippen molar-refractivity contribution in [2.24, 2.45) is 5.41 Å². The molecular formula is C19H25NS. The Morgan fingerprint density at radius 2 is 1.57 bits per heavy atom. The Labute approximate surface area is 133 Å². The minimum atomic E-state index is 0.284. The molecule has 1 N–H and O–H groups in total. The van der Waals surface area contributed by atoms with E-state index >= 15 is 0 Å². The minimum absolute atomic E-state index is 0.284. The highest BCUT2D eigenvalue weighted by Gasteiger charge is 2.20. The lowest BCUT2D eigenvalue weighted by molar-refractivity contribution is 0.352. The van der Waals surface area contributed by atoms with Crippen LogP contribution in [0.3, 0.4) is 0 Å². The quantitative estimate of drug-likeness (QED) is 0.680. The topological polar surface area (TPSA) is 12.0 Å². The Hall–Kier alpha value is -1.41. The Bertz CT molecular complexity index is 540. The summed E-state index contributed by atoms with van der Waals surface area (Å²) in [7, 11) is 0. The number of benzene rings is 2. The Morgan fingerprint density at radius 1 is 0.952 bits per heavy atom. The summed E-state index contributed by atoms with van der Waals surface area (Å²) in [5.41, 5.74) is 2.82. The van der Waals surface area contributed by atoms with Crippen LogP contribution in [0, 0.1) is 5.41 Å². The maximum Gasteiger partial charge on any atom is 0.0518 e. The van der Waals surface area contributed by atoms with Gasteiger partial charge in [0.15, 0.2) is 0 Å². The van der Waals surface area contributed by atoms with Crippen LogP contribution in [0.25, 0.3) is 0 Å². The van der Waals surface area contributed by atoms with Gasteiger partial charge in [0.05, 0.1) is 6.04 Å². The normalized spacial score (nSPS) is 13.0. The molecule has 0 aliphatic carbocycles. The predicted octanol–water partition coefficient (Wildman–Crippen LogP) is 6.00. The first kappa shape index (κ1) is 16.0. The Balaban J connectivity index is 2.19. The summed E-state index contributed by atoms with van der Waals surface area (Å²) >= 11 is 1.78. The first-order valence-electron chi connectivity index (χ1n) is 7.43. The van der Waals surface area contributed by atoms with Crippen molar-refractivity contribution in [1.82, 2.24) is 0 Å². The van der Waals surface area contributed by atoms with Crippen LogP contribution in [0.2, 0.25) is 0 Å². The zero-order chi connectivity index (χ0) is 15.3. The average molecular weight is 299 g/mol. The van der Waals surface area contributed by atoms with Crippen molar-refractivity contribution >= 4 is 17.4 Å². The number of thioether (sulfide) groups is 1. The third-order valence-corrected chi connectivity index (χ3v) is 4.19. The van der Waals surface area contributed by atoms with E-state index in [0.717, 1.165) is 6.42 Å². The van der Waals surface area contributed by atoms with Crippen LogP contribution in [-0.2, 0) is 0 Å². The molecule has 2 heteroatoms. The van der Waals surface area contributed by atoms with Crippen molar-refractivity contribution in [3.63, 3.8) is 0 Å². The molecule has 0 aliphatic heterocycles. The summed E-state index contributed by atoms with van der Waals surface area (Å²) in [6.07, 6.45) is 3.20. The van der Waals surface area contributed by atoms with E-state index in [0.29, 0.717) is 6.04 Å². The lowest BCUT2D eigenvalue weighted by Crippen LogP contribution is -2.18. The maximum absolute atomic E-state index is 3.69. The van der Waals surface area contributed by atoms with Crippen LogP contribution in [0.4, 0.5) is 5.69 Å². The minimum Gasteiger partial charge on any atom is -0.378 e. The second-order valence-electron chi connectivity index (χ2n) is 6.60. The first-order valence-corrected chi connectivity index (χ1v) is 8.66. The molecule has 0 aliphatic rings. The zero-order valence-electron chi connectivity index (χ0n) is 13.4. The van der Waals surface area contributed by atoms with Crippen molar-refractivity contribution in [3.8, 4) is 0 Å². The van der Waals surface area contributed by atoms with Gasteiger partial charge in [0.1, 0.15) is 0 Å². The van der Waals surface area contributed by atoms with Gasteiger partial charge in [0.2, 0.25) is 0 Å². The molecular weight excluding hydrogens is 274 g/mol. The van der Waals surface area contributed by atoms with Crippen LogP contribution in [0.5, 0.6) is 0 Å². The van der Waals surface area contributed by atoms with Crippen molar-refractivity contribution in [2.75, 3.05) is 11.6 Å². The van der Waals surface area contributed by atoms with Crippen molar-refractivity contribution in [1.29, 1.82) is 0 Å². The molecule has 1 atom stereocenters. The number of anilines is 1. The fourth-order valence-electron chi connectivity index (χ4n) is 2.44. The average Bonchev–Trinajstić information content (AvgIpc) is 2.47. The lowest BCUT2D eigenvalue weighted by atomic mass is 9.85. The van der Waals surface area contributed by atoms with Crippen LogP contribution >= 0.6 is 11.8 Å². The molecule has 1 nitrogen and oxygen atoms in total. The standard InChI is InChI=1S/C19H25NS/c1-19(2,3)14-18(15-8-6-5-7-9-15)20-16-10-12-17(21-4)13-11-16/h5-13,18,20H,14H2,1-4H3. The third kappa shape index (κ3) is 5.13. The number of hydrogen-bond donors (Lipinski definition) is 1. The van der Waals surface area contributed by atoms with Gasteiger partial charge >= 0.3 is 0 Å². The highest BCUT2D eigenvalue weighted by molar-refractivity contribution is 7.98. The summed E-state index contributed by atoms with van der Waals surface area (Å²) < 4.78 is 0. The van der Waals surface area contributed by atoms with Crippen LogP contribution in [0.1, 0.15) is 38.8 Å². The SMILES string of the molecule is CSc1ccc(NC(CC(C)(C)C)c2ccccc2)cc1. The van der Waals surface area contributed by atoms with Crippen LogP contribution < -0.4 is 5.32 Å². The molecule has 1 unspecified atom stereocenters. The number of hydrogen-bond acceptors (Lipinski definition) is 2. The molecule has 112 valence electrons. The summed E-state index contributed by atoms with van der Waals surface area (Å²) in [4.78, 5) is 1.30. The first-order chi connectivity index (χ1) is 9.98. The monoisotopic (exact) mass is 299 g/mol. The zero-order valence-corrected chi connectivity index (χ0v) is 14.2. The van der Waals surface area contributed by atoms with E-state index in [1.54, 1.807) is 11.8 Å². The molecule has 0 saturated heterocycles. The Kier molecular flexibility index (Phi) is 5.35. The highest BCUT2D eigenvalue weighted by atomic mass is 32.2. The van der Waals surface area contributed by atoms with Crippen molar-refractivity contribution < 1.29 is 0 Å². The van der Waals surface area contributed by atoms with E-state index in [1.165, 1.54) is 16.1 Å². The molecule has 0 radical (unpaired) electrons. The smallest absolute Gasteiger partial charge is 0.0518 e. The summed E-state index contributed by atoms with van der Waals surface area (Å²) in [5.74, 6) is 0. The van der Waals surface area contributed by atoms with Crippen LogP contribution in [0.15, 0.2) is 59.5 Å². The van der Waals surface area contributed by atoms with E-state index in [9.17, 15) is 0 Å².